The van der Waals surface area contributed by atoms with Crippen LogP contribution in [0.5, 0.6) is 5.75 Å². The predicted molar refractivity (Wildman–Crippen MR) is 73.8 cm³/mol. The third kappa shape index (κ3) is 7.46. The molecule has 1 amide bonds. The van der Waals surface area contributed by atoms with Crippen molar-refractivity contribution in [2.75, 3.05) is 18.6 Å². The van der Waals surface area contributed by atoms with Crippen molar-refractivity contribution in [2.24, 2.45) is 0 Å². The molecule has 5 nitrogen and oxygen atoms in total. The summed E-state index contributed by atoms with van der Waals surface area (Å²) in [6.45, 7) is 0.517. The lowest BCUT2D eigenvalue weighted by Crippen LogP contribution is -2.26. The zero-order valence-corrected chi connectivity index (χ0v) is 11.7. The van der Waals surface area contributed by atoms with Gasteiger partial charge in [0.1, 0.15) is 15.6 Å². The van der Waals surface area contributed by atoms with Gasteiger partial charge in [0.05, 0.1) is 5.75 Å². The smallest absolute Gasteiger partial charge is 0.221 e. The number of amides is 1. The predicted octanol–water partition coefficient (Wildman–Crippen LogP) is 0.876. The van der Waals surface area contributed by atoms with Gasteiger partial charge in [-0.1, -0.05) is 12.1 Å². The molecule has 0 saturated carbocycles. The van der Waals surface area contributed by atoms with Crippen LogP contribution in [0.4, 0.5) is 0 Å². The fourth-order valence-electron chi connectivity index (χ4n) is 1.55. The third-order valence-corrected chi connectivity index (χ3v) is 3.55. The van der Waals surface area contributed by atoms with Crippen LogP contribution in [0.1, 0.15) is 18.4 Å². The minimum absolute atomic E-state index is 0.0119. The standard InChI is InChI=1S/C13H19NO4S/c1-19(17,18)10-8-13(16)14-9-2-3-11-4-6-12(15)7-5-11/h4-7,15H,2-3,8-10H2,1H3,(H,14,16). The maximum absolute atomic E-state index is 11.3. The fourth-order valence-corrected chi connectivity index (χ4v) is 2.11. The highest BCUT2D eigenvalue weighted by molar-refractivity contribution is 7.90. The largest absolute Gasteiger partial charge is 0.508 e. The Kier molecular flexibility index (Phi) is 5.82. The Bertz CT molecular complexity index is 508. The number of hydrogen-bond donors (Lipinski definition) is 2. The molecule has 1 rings (SSSR count). The topological polar surface area (TPSA) is 83.5 Å². The summed E-state index contributed by atoms with van der Waals surface area (Å²) < 4.78 is 21.8. The maximum atomic E-state index is 11.3. The number of phenolic OH excluding ortho intramolecular Hbond substituents is 1. The van der Waals surface area contributed by atoms with Gasteiger partial charge in [0.25, 0.3) is 0 Å². The van der Waals surface area contributed by atoms with E-state index in [1.54, 1.807) is 12.1 Å². The van der Waals surface area contributed by atoms with Gasteiger partial charge in [-0.05, 0) is 30.5 Å². The molecule has 0 heterocycles. The number of aromatic hydroxyl groups is 1. The molecule has 1 aromatic rings. The van der Waals surface area contributed by atoms with Gasteiger partial charge in [-0.15, -0.1) is 0 Å². The van der Waals surface area contributed by atoms with E-state index >= 15 is 0 Å². The van der Waals surface area contributed by atoms with Crippen molar-refractivity contribution in [3.63, 3.8) is 0 Å². The highest BCUT2D eigenvalue weighted by Gasteiger charge is 2.07. The molecule has 0 atom stereocenters. The summed E-state index contributed by atoms with van der Waals surface area (Å²) in [6, 6.07) is 6.92. The van der Waals surface area contributed by atoms with Crippen LogP contribution in [0, 0.1) is 0 Å². The maximum Gasteiger partial charge on any atom is 0.221 e. The second-order valence-electron chi connectivity index (χ2n) is 4.50. The van der Waals surface area contributed by atoms with Crippen molar-refractivity contribution < 1.29 is 18.3 Å². The quantitative estimate of drug-likeness (QED) is 0.728. The Hall–Kier alpha value is -1.56. The van der Waals surface area contributed by atoms with E-state index in [0.29, 0.717) is 6.54 Å². The van der Waals surface area contributed by atoms with Crippen molar-refractivity contribution in [3.8, 4) is 5.75 Å². The summed E-state index contributed by atoms with van der Waals surface area (Å²) in [4.78, 5) is 11.3. The number of carbonyl (C=O) groups is 1. The molecule has 0 aliphatic heterocycles. The van der Waals surface area contributed by atoms with Gasteiger partial charge >= 0.3 is 0 Å². The Morgan fingerprint density at radius 3 is 2.47 bits per heavy atom. The molecular weight excluding hydrogens is 266 g/mol. The lowest BCUT2D eigenvalue weighted by atomic mass is 10.1. The zero-order valence-electron chi connectivity index (χ0n) is 10.9. The van der Waals surface area contributed by atoms with E-state index in [4.69, 9.17) is 5.11 Å². The Morgan fingerprint density at radius 1 is 1.26 bits per heavy atom. The van der Waals surface area contributed by atoms with E-state index in [2.05, 4.69) is 5.32 Å². The summed E-state index contributed by atoms with van der Waals surface area (Å²) in [5.74, 6) is -0.120. The average Bonchev–Trinajstić information content (AvgIpc) is 2.33. The normalized spacial score (nSPS) is 11.2. The van der Waals surface area contributed by atoms with Crippen LogP contribution in [0.2, 0.25) is 0 Å². The second-order valence-corrected chi connectivity index (χ2v) is 6.76. The number of aryl methyl sites for hydroxylation is 1. The van der Waals surface area contributed by atoms with E-state index in [-0.39, 0.29) is 23.8 Å². The summed E-state index contributed by atoms with van der Waals surface area (Å²) in [5, 5.41) is 11.8. The first kappa shape index (κ1) is 15.5. The molecule has 1 aromatic carbocycles. The van der Waals surface area contributed by atoms with Crippen molar-refractivity contribution in [3.05, 3.63) is 29.8 Å². The van der Waals surface area contributed by atoms with Crippen molar-refractivity contribution in [1.29, 1.82) is 0 Å². The van der Waals surface area contributed by atoms with Gasteiger partial charge in [0, 0.05) is 19.2 Å². The van der Waals surface area contributed by atoms with Gasteiger partial charge in [0.15, 0.2) is 0 Å². The monoisotopic (exact) mass is 285 g/mol. The first-order chi connectivity index (χ1) is 8.87. The number of carbonyl (C=O) groups excluding carboxylic acids is 1. The van der Waals surface area contributed by atoms with E-state index in [1.165, 1.54) is 0 Å². The van der Waals surface area contributed by atoms with Gasteiger partial charge in [-0.2, -0.15) is 0 Å². The van der Waals surface area contributed by atoms with Crippen molar-refractivity contribution in [1.82, 2.24) is 5.32 Å². The summed E-state index contributed by atoms with van der Waals surface area (Å²) >= 11 is 0. The molecule has 0 fully saturated rings. The molecule has 0 aliphatic rings. The van der Waals surface area contributed by atoms with Gasteiger partial charge in [-0.25, -0.2) is 8.42 Å². The molecule has 0 aliphatic carbocycles. The fraction of sp³-hybridized carbons (Fsp3) is 0.462. The summed E-state index contributed by atoms with van der Waals surface area (Å²) in [7, 11) is -3.08. The number of phenols is 1. The molecular formula is C13H19NO4S. The minimum atomic E-state index is -3.08. The number of nitrogens with one attached hydrogen (secondary N) is 1. The van der Waals surface area contributed by atoms with Crippen LogP contribution in [-0.2, 0) is 21.1 Å². The lowest BCUT2D eigenvalue weighted by molar-refractivity contribution is -0.120. The molecule has 0 radical (unpaired) electrons. The summed E-state index contributed by atoms with van der Waals surface area (Å²) in [5.41, 5.74) is 1.09. The molecule has 2 N–H and O–H groups in total. The van der Waals surface area contributed by atoms with E-state index in [9.17, 15) is 13.2 Å². The molecule has 0 bridgehead atoms. The van der Waals surface area contributed by atoms with Gasteiger partial charge in [0.2, 0.25) is 5.91 Å². The van der Waals surface area contributed by atoms with E-state index < -0.39 is 9.84 Å². The molecule has 0 aromatic heterocycles. The Morgan fingerprint density at radius 2 is 1.89 bits per heavy atom. The lowest BCUT2D eigenvalue weighted by Gasteiger charge is -2.05. The third-order valence-electron chi connectivity index (χ3n) is 2.60. The average molecular weight is 285 g/mol. The van der Waals surface area contributed by atoms with Crippen LogP contribution in [0.3, 0.4) is 0 Å². The molecule has 19 heavy (non-hydrogen) atoms. The highest BCUT2D eigenvalue weighted by Crippen LogP contribution is 2.10. The number of benzene rings is 1. The van der Waals surface area contributed by atoms with Crippen LogP contribution in [0.25, 0.3) is 0 Å². The first-order valence-corrected chi connectivity index (χ1v) is 8.15. The van der Waals surface area contributed by atoms with Gasteiger partial charge < -0.3 is 10.4 Å². The van der Waals surface area contributed by atoms with Crippen molar-refractivity contribution >= 4 is 15.7 Å². The molecule has 106 valence electrons. The number of sulfone groups is 1. The van der Waals surface area contributed by atoms with Crippen LogP contribution >= 0.6 is 0 Å². The van der Waals surface area contributed by atoms with Crippen LogP contribution in [-0.4, -0.2) is 38.0 Å². The highest BCUT2D eigenvalue weighted by atomic mass is 32.2. The minimum Gasteiger partial charge on any atom is -0.508 e. The Labute approximate surface area is 113 Å². The van der Waals surface area contributed by atoms with E-state index in [1.807, 2.05) is 12.1 Å². The van der Waals surface area contributed by atoms with Crippen LogP contribution < -0.4 is 5.32 Å². The zero-order chi connectivity index (χ0) is 14.3. The molecule has 0 unspecified atom stereocenters. The molecule has 0 spiro atoms. The number of rotatable bonds is 7. The number of hydrogen-bond acceptors (Lipinski definition) is 4. The van der Waals surface area contributed by atoms with Gasteiger partial charge in [-0.3, -0.25) is 4.79 Å². The van der Waals surface area contributed by atoms with Crippen molar-refractivity contribution in [2.45, 2.75) is 19.3 Å². The Balaban J connectivity index is 2.17. The molecule has 6 heteroatoms. The van der Waals surface area contributed by atoms with Crippen LogP contribution in [0.15, 0.2) is 24.3 Å². The summed E-state index contributed by atoms with van der Waals surface area (Å²) in [6.07, 6.45) is 2.70. The molecule has 0 saturated heterocycles. The van der Waals surface area contributed by atoms with E-state index in [0.717, 1.165) is 24.7 Å². The SMILES string of the molecule is CS(=O)(=O)CCC(=O)NCCCc1ccc(O)cc1. The first-order valence-electron chi connectivity index (χ1n) is 6.09. The second kappa shape index (κ2) is 7.13.